The lowest BCUT2D eigenvalue weighted by atomic mass is 10.0. The monoisotopic (exact) mass is 249 g/mol. The molecule has 2 heterocycles. The van der Waals surface area contributed by atoms with Crippen LogP contribution in [0, 0.1) is 6.92 Å². The first-order valence-corrected chi connectivity index (χ1v) is 6.50. The van der Waals surface area contributed by atoms with Gasteiger partial charge in [-0.25, -0.2) is 4.98 Å². The van der Waals surface area contributed by atoms with E-state index in [0.717, 1.165) is 37.8 Å². The van der Waals surface area contributed by atoms with Crippen LogP contribution < -0.4 is 10.2 Å². The minimum Gasteiger partial charge on any atom is -0.377 e. The molecule has 4 nitrogen and oxygen atoms in total. The molecule has 1 aromatic rings. The standard InChI is InChI=1S/C14H23N3O/c1-11-7-12(9-15-4)8-13(16-11)17-5-6-18-10-14(17,2)3/h7-8,15H,5-6,9-10H2,1-4H3. The third kappa shape index (κ3) is 2.82. The number of rotatable bonds is 3. The van der Waals surface area contributed by atoms with E-state index < -0.39 is 0 Å². The Kier molecular flexibility index (Phi) is 3.88. The fraction of sp³-hybridized carbons (Fsp3) is 0.643. The maximum absolute atomic E-state index is 5.56. The molecule has 1 aromatic heterocycles. The van der Waals surface area contributed by atoms with Crippen molar-refractivity contribution in [1.29, 1.82) is 0 Å². The number of morpholine rings is 1. The van der Waals surface area contributed by atoms with Gasteiger partial charge in [0.2, 0.25) is 0 Å². The van der Waals surface area contributed by atoms with E-state index in [0.29, 0.717) is 0 Å². The van der Waals surface area contributed by atoms with Gasteiger partial charge < -0.3 is 15.0 Å². The number of hydrogen-bond acceptors (Lipinski definition) is 4. The first-order chi connectivity index (χ1) is 8.53. The van der Waals surface area contributed by atoms with Gasteiger partial charge in [0.25, 0.3) is 0 Å². The Balaban J connectivity index is 2.31. The molecule has 1 fully saturated rings. The van der Waals surface area contributed by atoms with Crippen LogP contribution in [0.15, 0.2) is 12.1 Å². The summed E-state index contributed by atoms with van der Waals surface area (Å²) in [7, 11) is 1.97. The Morgan fingerprint density at radius 1 is 1.44 bits per heavy atom. The highest BCUT2D eigenvalue weighted by atomic mass is 16.5. The minimum atomic E-state index is 0.00988. The Bertz CT molecular complexity index is 418. The number of pyridine rings is 1. The first-order valence-electron chi connectivity index (χ1n) is 6.50. The van der Waals surface area contributed by atoms with Crippen LogP contribution in [-0.4, -0.2) is 37.3 Å². The molecular weight excluding hydrogens is 226 g/mol. The van der Waals surface area contributed by atoms with Crippen LogP contribution in [0.1, 0.15) is 25.1 Å². The molecule has 18 heavy (non-hydrogen) atoms. The molecule has 4 heteroatoms. The summed E-state index contributed by atoms with van der Waals surface area (Å²) in [6.07, 6.45) is 0. The molecule has 0 unspecified atom stereocenters. The highest BCUT2D eigenvalue weighted by Gasteiger charge is 2.31. The second-order valence-electron chi connectivity index (χ2n) is 5.52. The second kappa shape index (κ2) is 5.24. The zero-order valence-corrected chi connectivity index (χ0v) is 11.8. The average Bonchev–Trinajstić information content (AvgIpc) is 2.27. The van der Waals surface area contributed by atoms with Crippen molar-refractivity contribution in [3.63, 3.8) is 0 Å². The van der Waals surface area contributed by atoms with Gasteiger partial charge in [-0.2, -0.15) is 0 Å². The number of anilines is 1. The van der Waals surface area contributed by atoms with Gasteiger partial charge in [0.1, 0.15) is 5.82 Å². The number of hydrogen-bond donors (Lipinski definition) is 1. The largest absolute Gasteiger partial charge is 0.377 e. The fourth-order valence-corrected chi connectivity index (χ4v) is 2.45. The lowest BCUT2D eigenvalue weighted by Crippen LogP contribution is -2.53. The fourth-order valence-electron chi connectivity index (χ4n) is 2.45. The van der Waals surface area contributed by atoms with Gasteiger partial charge in [0, 0.05) is 18.8 Å². The number of aryl methyl sites for hydroxylation is 1. The molecule has 0 aliphatic carbocycles. The first kappa shape index (κ1) is 13.3. The molecule has 0 atom stereocenters. The van der Waals surface area contributed by atoms with Gasteiger partial charge in [-0.15, -0.1) is 0 Å². The van der Waals surface area contributed by atoms with Crippen LogP contribution in [0.4, 0.5) is 5.82 Å². The Hall–Kier alpha value is -1.13. The molecule has 0 spiro atoms. The Labute approximate surface area is 109 Å². The van der Waals surface area contributed by atoms with Crippen molar-refractivity contribution in [2.75, 3.05) is 31.7 Å². The Morgan fingerprint density at radius 3 is 2.89 bits per heavy atom. The van der Waals surface area contributed by atoms with Crippen LogP contribution in [0.25, 0.3) is 0 Å². The molecule has 1 aliphatic heterocycles. The van der Waals surface area contributed by atoms with Crippen molar-refractivity contribution in [2.24, 2.45) is 0 Å². The minimum absolute atomic E-state index is 0.00988. The molecule has 0 aromatic carbocycles. The topological polar surface area (TPSA) is 37.4 Å². The van der Waals surface area contributed by atoms with Gasteiger partial charge in [0.05, 0.1) is 18.8 Å². The highest BCUT2D eigenvalue weighted by Crippen LogP contribution is 2.26. The van der Waals surface area contributed by atoms with Crippen molar-refractivity contribution < 1.29 is 4.74 Å². The summed E-state index contributed by atoms with van der Waals surface area (Å²) in [5, 5.41) is 3.19. The lowest BCUT2D eigenvalue weighted by Gasteiger charge is -2.43. The van der Waals surface area contributed by atoms with E-state index in [-0.39, 0.29) is 5.54 Å². The third-order valence-corrected chi connectivity index (χ3v) is 3.30. The van der Waals surface area contributed by atoms with Gasteiger partial charge in [0.15, 0.2) is 0 Å². The van der Waals surface area contributed by atoms with Crippen molar-refractivity contribution in [2.45, 2.75) is 32.9 Å². The van der Waals surface area contributed by atoms with E-state index in [1.165, 1.54) is 5.56 Å². The van der Waals surface area contributed by atoms with Crippen molar-refractivity contribution in [1.82, 2.24) is 10.3 Å². The summed E-state index contributed by atoms with van der Waals surface area (Å²) < 4.78 is 5.56. The van der Waals surface area contributed by atoms with Crippen LogP contribution in [-0.2, 0) is 11.3 Å². The van der Waals surface area contributed by atoms with E-state index in [4.69, 9.17) is 4.74 Å². The average molecular weight is 249 g/mol. The molecule has 1 N–H and O–H groups in total. The van der Waals surface area contributed by atoms with Gasteiger partial charge in [-0.05, 0) is 45.5 Å². The van der Waals surface area contributed by atoms with Gasteiger partial charge in [-0.3, -0.25) is 0 Å². The summed E-state index contributed by atoms with van der Waals surface area (Å²) in [6, 6.07) is 4.31. The predicted octanol–water partition coefficient (Wildman–Crippen LogP) is 1.72. The normalized spacial score (nSPS) is 19.0. The maximum atomic E-state index is 5.56. The number of aromatic nitrogens is 1. The predicted molar refractivity (Wildman–Crippen MR) is 74.0 cm³/mol. The SMILES string of the molecule is CNCc1cc(C)nc(N2CCOCC2(C)C)c1. The number of nitrogens with one attached hydrogen (secondary N) is 1. The number of nitrogens with zero attached hydrogens (tertiary/aromatic N) is 2. The molecule has 2 rings (SSSR count). The summed E-state index contributed by atoms with van der Waals surface area (Å²) in [6.45, 7) is 9.77. The van der Waals surface area contributed by atoms with Crippen LogP contribution in [0.3, 0.4) is 0 Å². The highest BCUT2D eigenvalue weighted by molar-refractivity contribution is 5.45. The van der Waals surface area contributed by atoms with Crippen LogP contribution >= 0.6 is 0 Å². The molecule has 1 aliphatic rings. The summed E-state index contributed by atoms with van der Waals surface area (Å²) in [5.41, 5.74) is 2.36. The smallest absolute Gasteiger partial charge is 0.129 e. The summed E-state index contributed by atoms with van der Waals surface area (Å²) in [4.78, 5) is 7.03. The van der Waals surface area contributed by atoms with Crippen molar-refractivity contribution in [3.05, 3.63) is 23.4 Å². The molecule has 0 radical (unpaired) electrons. The zero-order valence-electron chi connectivity index (χ0n) is 11.8. The van der Waals surface area contributed by atoms with E-state index in [1.807, 2.05) is 7.05 Å². The quantitative estimate of drug-likeness (QED) is 0.885. The van der Waals surface area contributed by atoms with Crippen LogP contribution in [0.5, 0.6) is 0 Å². The molecule has 0 saturated carbocycles. The second-order valence-corrected chi connectivity index (χ2v) is 5.52. The van der Waals surface area contributed by atoms with Crippen molar-refractivity contribution >= 4 is 5.82 Å². The van der Waals surface area contributed by atoms with E-state index in [9.17, 15) is 0 Å². The molecule has 100 valence electrons. The number of ether oxygens (including phenoxy) is 1. The molecular formula is C14H23N3O. The zero-order chi connectivity index (χ0) is 13.2. The summed E-state index contributed by atoms with van der Waals surface area (Å²) >= 11 is 0. The molecule has 0 amide bonds. The Morgan fingerprint density at radius 2 is 2.22 bits per heavy atom. The summed E-state index contributed by atoms with van der Waals surface area (Å²) in [5.74, 6) is 1.06. The van der Waals surface area contributed by atoms with Gasteiger partial charge in [-0.1, -0.05) is 0 Å². The molecule has 0 bridgehead atoms. The van der Waals surface area contributed by atoms with E-state index >= 15 is 0 Å². The van der Waals surface area contributed by atoms with E-state index in [1.54, 1.807) is 0 Å². The van der Waals surface area contributed by atoms with Crippen LogP contribution in [0.2, 0.25) is 0 Å². The van der Waals surface area contributed by atoms with Crippen molar-refractivity contribution in [3.8, 4) is 0 Å². The third-order valence-electron chi connectivity index (χ3n) is 3.30. The molecule has 1 saturated heterocycles. The lowest BCUT2D eigenvalue weighted by molar-refractivity contribution is 0.0639. The van der Waals surface area contributed by atoms with E-state index in [2.05, 4.69) is 48.1 Å². The maximum Gasteiger partial charge on any atom is 0.129 e. The van der Waals surface area contributed by atoms with Gasteiger partial charge >= 0.3 is 0 Å².